The minimum Gasteiger partial charge on any atom is -0.343 e. The summed E-state index contributed by atoms with van der Waals surface area (Å²) in [6.07, 6.45) is 0. The first kappa shape index (κ1) is 15.5. The Kier molecular flexibility index (Phi) is 3.41. The summed E-state index contributed by atoms with van der Waals surface area (Å²) in [4.78, 5) is 25.1. The van der Waals surface area contributed by atoms with Crippen molar-refractivity contribution in [3.8, 4) is 0 Å². The van der Waals surface area contributed by atoms with Crippen molar-refractivity contribution in [1.82, 2.24) is 0 Å². The van der Waals surface area contributed by atoms with Crippen LogP contribution in [0.1, 0.15) is 25.0 Å². The molecule has 0 amide bonds. The van der Waals surface area contributed by atoms with Crippen LogP contribution in [0, 0.1) is 11.6 Å². The molecule has 0 aliphatic carbocycles. The fourth-order valence-electron chi connectivity index (χ4n) is 2.82. The molecule has 1 aliphatic rings. The van der Waals surface area contributed by atoms with Crippen LogP contribution >= 0.6 is 0 Å². The van der Waals surface area contributed by atoms with Crippen molar-refractivity contribution < 1.29 is 23.1 Å². The van der Waals surface area contributed by atoms with E-state index in [-0.39, 0.29) is 0 Å². The van der Waals surface area contributed by atoms with Gasteiger partial charge in [0.1, 0.15) is 17.2 Å². The average molecular weight is 316 g/mol. The molecule has 2 aromatic rings. The number of ether oxygens (including phenoxy) is 1. The van der Waals surface area contributed by atoms with Gasteiger partial charge in [0.2, 0.25) is 11.6 Å². The predicted octanol–water partition coefficient (Wildman–Crippen LogP) is 3.16. The molecule has 1 aliphatic heterocycles. The standard InChI is InChI=1S/C18H14F2O3/c1-17(2)15(21)16(22)18(23-17,11-3-7-13(19)8-4-11)12-5-9-14(20)10-6-12/h3-10H,1-2H3. The molecule has 0 spiro atoms. The lowest BCUT2D eigenvalue weighted by molar-refractivity contribution is -0.137. The largest absolute Gasteiger partial charge is 0.343 e. The van der Waals surface area contributed by atoms with E-state index in [2.05, 4.69) is 0 Å². The van der Waals surface area contributed by atoms with Crippen LogP contribution in [0.3, 0.4) is 0 Å². The zero-order valence-electron chi connectivity index (χ0n) is 12.6. The van der Waals surface area contributed by atoms with E-state index in [9.17, 15) is 18.4 Å². The second-order valence-corrected chi connectivity index (χ2v) is 5.97. The number of hydrogen-bond acceptors (Lipinski definition) is 3. The smallest absolute Gasteiger partial charge is 0.242 e. The molecule has 3 nitrogen and oxygen atoms in total. The number of rotatable bonds is 2. The van der Waals surface area contributed by atoms with E-state index in [1.54, 1.807) is 0 Å². The summed E-state index contributed by atoms with van der Waals surface area (Å²) in [7, 11) is 0. The summed E-state index contributed by atoms with van der Waals surface area (Å²) in [6, 6.07) is 10.3. The van der Waals surface area contributed by atoms with Crippen LogP contribution < -0.4 is 0 Å². The highest BCUT2D eigenvalue weighted by atomic mass is 19.1. The normalized spacial score (nSPS) is 19.1. The second kappa shape index (κ2) is 5.06. The third kappa shape index (κ3) is 2.28. The summed E-state index contributed by atoms with van der Waals surface area (Å²) >= 11 is 0. The second-order valence-electron chi connectivity index (χ2n) is 5.97. The Morgan fingerprint density at radius 1 is 0.739 bits per heavy atom. The van der Waals surface area contributed by atoms with Crippen molar-refractivity contribution in [2.45, 2.75) is 25.0 Å². The first-order valence-corrected chi connectivity index (χ1v) is 7.09. The molecule has 1 heterocycles. The Morgan fingerprint density at radius 3 is 1.43 bits per heavy atom. The van der Waals surface area contributed by atoms with E-state index in [0.717, 1.165) is 0 Å². The van der Waals surface area contributed by atoms with Gasteiger partial charge in [0.05, 0.1) is 0 Å². The third-order valence-corrected chi connectivity index (χ3v) is 3.98. The molecular formula is C18H14F2O3. The zero-order valence-corrected chi connectivity index (χ0v) is 12.6. The number of carbonyl (C=O) groups is 2. The van der Waals surface area contributed by atoms with E-state index in [1.165, 1.54) is 62.4 Å². The van der Waals surface area contributed by atoms with Crippen LogP contribution in [0.2, 0.25) is 0 Å². The number of carbonyl (C=O) groups excluding carboxylic acids is 2. The van der Waals surface area contributed by atoms with Gasteiger partial charge >= 0.3 is 0 Å². The molecule has 0 bridgehead atoms. The molecule has 5 heteroatoms. The van der Waals surface area contributed by atoms with Gasteiger partial charge in [0, 0.05) is 0 Å². The van der Waals surface area contributed by atoms with Gasteiger partial charge < -0.3 is 4.74 Å². The van der Waals surface area contributed by atoms with Gasteiger partial charge in [0.15, 0.2) is 5.60 Å². The molecule has 0 radical (unpaired) electrons. The average Bonchev–Trinajstić information content (AvgIpc) is 2.70. The van der Waals surface area contributed by atoms with Crippen molar-refractivity contribution >= 4 is 11.6 Å². The van der Waals surface area contributed by atoms with Crippen LogP contribution in [0.25, 0.3) is 0 Å². The summed E-state index contributed by atoms with van der Waals surface area (Å²) in [5, 5.41) is 0. The Morgan fingerprint density at radius 2 is 1.13 bits per heavy atom. The van der Waals surface area contributed by atoms with Crippen LogP contribution in [0.15, 0.2) is 48.5 Å². The molecule has 0 saturated carbocycles. The van der Waals surface area contributed by atoms with Gasteiger partial charge in [-0.3, -0.25) is 9.59 Å². The maximum atomic E-state index is 13.2. The molecule has 2 aromatic carbocycles. The number of hydrogen-bond donors (Lipinski definition) is 0. The van der Waals surface area contributed by atoms with Crippen LogP contribution in [-0.2, 0) is 19.9 Å². The monoisotopic (exact) mass is 316 g/mol. The Balaban J connectivity index is 2.26. The van der Waals surface area contributed by atoms with Gasteiger partial charge in [-0.25, -0.2) is 8.78 Å². The lowest BCUT2D eigenvalue weighted by Gasteiger charge is -2.30. The van der Waals surface area contributed by atoms with Crippen LogP contribution in [-0.4, -0.2) is 17.2 Å². The summed E-state index contributed by atoms with van der Waals surface area (Å²) in [5.74, 6) is -2.37. The zero-order chi connectivity index (χ0) is 16.8. The Labute approximate surface area is 131 Å². The first-order valence-electron chi connectivity index (χ1n) is 7.09. The van der Waals surface area contributed by atoms with Crippen molar-refractivity contribution in [3.63, 3.8) is 0 Å². The van der Waals surface area contributed by atoms with E-state index in [1.807, 2.05) is 0 Å². The molecule has 0 atom stereocenters. The van der Waals surface area contributed by atoms with Gasteiger partial charge in [-0.05, 0) is 49.2 Å². The van der Waals surface area contributed by atoms with Crippen molar-refractivity contribution in [1.29, 1.82) is 0 Å². The highest BCUT2D eigenvalue weighted by Crippen LogP contribution is 2.44. The van der Waals surface area contributed by atoms with Gasteiger partial charge in [-0.2, -0.15) is 0 Å². The fraction of sp³-hybridized carbons (Fsp3) is 0.222. The van der Waals surface area contributed by atoms with Crippen LogP contribution in [0.5, 0.6) is 0 Å². The molecule has 0 unspecified atom stereocenters. The summed E-state index contributed by atoms with van der Waals surface area (Å²) in [5.41, 5.74) is -2.36. The lowest BCUT2D eigenvalue weighted by Crippen LogP contribution is -2.36. The Hall–Kier alpha value is -2.40. The molecule has 1 fully saturated rings. The molecule has 0 N–H and O–H groups in total. The topological polar surface area (TPSA) is 43.4 Å². The van der Waals surface area contributed by atoms with Gasteiger partial charge in [0.25, 0.3) is 0 Å². The quantitative estimate of drug-likeness (QED) is 0.799. The number of Topliss-reactive ketones (excluding diaryl/α,β-unsaturated/α-hetero) is 2. The molecule has 118 valence electrons. The first-order chi connectivity index (χ1) is 10.8. The highest BCUT2D eigenvalue weighted by molar-refractivity contribution is 6.45. The molecule has 0 aromatic heterocycles. The minimum atomic E-state index is -1.69. The summed E-state index contributed by atoms with van der Waals surface area (Å²) in [6.45, 7) is 3.00. The summed E-state index contributed by atoms with van der Waals surface area (Å²) < 4.78 is 32.3. The van der Waals surface area contributed by atoms with Crippen molar-refractivity contribution in [2.24, 2.45) is 0 Å². The molecule has 1 saturated heterocycles. The maximum absolute atomic E-state index is 13.2. The fourth-order valence-corrected chi connectivity index (χ4v) is 2.82. The number of benzene rings is 2. The van der Waals surface area contributed by atoms with Crippen molar-refractivity contribution in [2.75, 3.05) is 0 Å². The predicted molar refractivity (Wildman–Crippen MR) is 78.8 cm³/mol. The van der Waals surface area contributed by atoms with Crippen LogP contribution in [0.4, 0.5) is 8.78 Å². The Bertz CT molecular complexity index is 731. The lowest BCUT2D eigenvalue weighted by atomic mass is 9.82. The van der Waals surface area contributed by atoms with E-state index in [4.69, 9.17) is 4.74 Å². The third-order valence-electron chi connectivity index (χ3n) is 3.98. The van der Waals surface area contributed by atoms with Gasteiger partial charge in [-0.15, -0.1) is 0 Å². The molecule has 23 heavy (non-hydrogen) atoms. The van der Waals surface area contributed by atoms with Crippen molar-refractivity contribution in [3.05, 3.63) is 71.3 Å². The van der Waals surface area contributed by atoms with E-state index >= 15 is 0 Å². The molecule has 3 rings (SSSR count). The minimum absolute atomic E-state index is 0.328. The SMILES string of the molecule is CC1(C)OC(c2ccc(F)cc2)(c2ccc(F)cc2)C(=O)C1=O. The highest BCUT2D eigenvalue weighted by Gasteiger charge is 2.60. The number of ketones is 2. The molecular weight excluding hydrogens is 302 g/mol. The van der Waals surface area contributed by atoms with Gasteiger partial charge in [-0.1, -0.05) is 24.3 Å². The van der Waals surface area contributed by atoms with E-state index in [0.29, 0.717) is 11.1 Å². The number of halogens is 2. The van der Waals surface area contributed by atoms with E-state index < -0.39 is 34.4 Å². The maximum Gasteiger partial charge on any atom is 0.242 e.